The lowest BCUT2D eigenvalue weighted by Crippen LogP contribution is -2.35. The number of nitrogens with one attached hydrogen (secondary N) is 1. The average Bonchev–Trinajstić information content (AvgIpc) is 3.36. The Bertz CT molecular complexity index is 858. The number of nitrogens with zero attached hydrogens (tertiary/aromatic N) is 1. The van der Waals surface area contributed by atoms with Gasteiger partial charge in [0.2, 0.25) is 11.8 Å². The van der Waals surface area contributed by atoms with Crippen molar-refractivity contribution in [2.24, 2.45) is 23.7 Å². The maximum Gasteiger partial charge on any atom is 0.308 e. The number of imide groups is 1. The summed E-state index contributed by atoms with van der Waals surface area (Å²) in [6.07, 6.45) is 2.89. The summed E-state index contributed by atoms with van der Waals surface area (Å²) in [6.45, 7) is 1.42. The number of halogens is 1. The monoisotopic (exact) mass is 418 g/mol. The number of esters is 1. The van der Waals surface area contributed by atoms with Crippen LogP contribution in [0.5, 0.6) is 0 Å². The van der Waals surface area contributed by atoms with E-state index < -0.39 is 18.5 Å². The number of carbonyl (C=O) groups excluding carboxylic acids is 4. The molecule has 0 aromatic heterocycles. The van der Waals surface area contributed by atoms with Crippen LogP contribution in [0.15, 0.2) is 18.2 Å². The summed E-state index contributed by atoms with van der Waals surface area (Å²) in [5, 5.41) is 3.13. The van der Waals surface area contributed by atoms with Crippen molar-refractivity contribution in [2.45, 2.75) is 32.6 Å². The summed E-state index contributed by atoms with van der Waals surface area (Å²) in [5.74, 6) is -1.15. The first-order valence-corrected chi connectivity index (χ1v) is 10.3. The van der Waals surface area contributed by atoms with Crippen LogP contribution in [0, 0.1) is 30.6 Å². The van der Waals surface area contributed by atoms with Gasteiger partial charge in [0.15, 0.2) is 6.61 Å². The molecule has 1 N–H and O–H groups in total. The Hall–Kier alpha value is -2.41. The molecule has 4 atom stereocenters. The quantitative estimate of drug-likeness (QED) is 0.566. The van der Waals surface area contributed by atoms with Crippen molar-refractivity contribution < 1.29 is 23.9 Å². The van der Waals surface area contributed by atoms with Gasteiger partial charge in [-0.15, -0.1) is 0 Å². The second-order valence-corrected chi connectivity index (χ2v) is 8.54. The molecule has 3 amide bonds. The molecule has 0 unspecified atom stereocenters. The van der Waals surface area contributed by atoms with Crippen LogP contribution in [0.1, 0.15) is 31.2 Å². The molecule has 154 valence electrons. The van der Waals surface area contributed by atoms with E-state index in [-0.39, 0.29) is 36.6 Å². The van der Waals surface area contributed by atoms with Crippen LogP contribution in [0.3, 0.4) is 0 Å². The molecule has 1 aromatic rings. The lowest BCUT2D eigenvalue weighted by atomic mass is 9.81. The fraction of sp³-hybridized carbons (Fsp3) is 0.524. The number of hydrogen-bond acceptors (Lipinski definition) is 5. The highest BCUT2D eigenvalue weighted by molar-refractivity contribution is 6.31. The minimum absolute atomic E-state index is 0.0120. The van der Waals surface area contributed by atoms with E-state index in [4.69, 9.17) is 16.3 Å². The zero-order chi connectivity index (χ0) is 20.7. The van der Waals surface area contributed by atoms with Crippen LogP contribution in [-0.4, -0.2) is 41.7 Å². The van der Waals surface area contributed by atoms with E-state index >= 15 is 0 Å². The first-order chi connectivity index (χ1) is 13.8. The molecule has 29 heavy (non-hydrogen) atoms. The molecule has 1 saturated heterocycles. The number of aryl methyl sites for hydroxylation is 1. The molecule has 3 fully saturated rings. The predicted octanol–water partition coefficient (Wildman–Crippen LogP) is 2.55. The van der Waals surface area contributed by atoms with Gasteiger partial charge in [-0.05, 0) is 55.7 Å². The summed E-state index contributed by atoms with van der Waals surface area (Å²) in [5.41, 5.74) is 1.40. The van der Waals surface area contributed by atoms with Crippen molar-refractivity contribution in [1.82, 2.24) is 4.90 Å². The smallest absolute Gasteiger partial charge is 0.308 e. The Kier molecular flexibility index (Phi) is 5.34. The number of likely N-dealkylation sites (tertiary alicyclic amines) is 1. The Balaban J connectivity index is 1.23. The van der Waals surface area contributed by atoms with Crippen molar-refractivity contribution in [3.8, 4) is 0 Å². The van der Waals surface area contributed by atoms with Gasteiger partial charge in [0, 0.05) is 17.3 Å². The van der Waals surface area contributed by atoms with E-state index in [0.717, 1.165) is 24.8 Å². The highest BCUT2D eigenvalue weighted by atomic mass is 35.5. The third-order valence-corrected chi connectivity index (χ3v) is 6.79. The fourth-order valence-electron chi connectivity index (χ4n) is 4.98. The van der Waals surface area contributed by atoms with Gasteiger partial charge in [0.1, 0.15) is 0 Å². The molecule has 2 bridgehead atoms. The van der Waals surface area contributed by atoms with Gasteiger partial charge in [-0.1, -0.05) is 17.7 Å². The standard InChI is InChI=1S/C21H23ClN2O5/c1-11-2-5-14(9-15(11)22)23-16(25)10-29-17(26)6-7-24-20(27)18-12-3-4-13(8-12)19(18)21(24)28/h2,5,9,12-13,18-19H,3-4,6-8,10H2,1H3,(H,23,25)/t12-,13+,18-,19-/m0/s1. The van der Waals surface area contributed by atoms with Gasteiger partial charge in [-0.2, -0.15) is 0 Å². The van der Waals surface area contributed by atoms with Crippen LogP contribution < -0.4 is 5.32 Å². The SMILES string of the molecule is Cc1ccc(NC(=O)COC(=O)CCN2C(=O)[C@H]3[C@@H]4CC[C@@H](C4)[C@@H]3C2=O)cc1Cl. The molecular formula is C21H23ClN2O5. The molecule has 1 heterocycles. The molecular weight excluding hydrogens is 396 g/mol. The van der Waals surface area contributed by atoms with Crippen LogP contribution in [0.25, 0.3) is 0 Å². The largest absolute Gasteiger partial charge is 0.456 e. The maximum atomic E-state index is 12.6. The van der Waals surface area contributed by atoms with E-state index in [1.165, 1.54) is 4.90 Å². The zero-order valence-corrected chi connectivity index (χ0v) is 16.9. The first-order valence-electron chi connectivity index (χ1n) is 9.92. The molecule has 7 nitrogen and oxygen atoms in total. The third kappa shape index (κ3) is 3.75. The molecule has 2 aliphatic carbocycles. The van der Waals surface area contributed by atoms with E-state index in [9.17, 15) is 19.2 Å². The summed E-state index contributed by atoms with van der Waals surface area (Å²) >= 11 is 6.01. The van der Waals surface area contributed by atoms with Gasteiger partial charge in [-0.3, -0.25) is 24.1 Å². The second kappa shape index (κ2) is 7.78. The molecule has 4 rings (SSSR count). The average molecular weight is 419 g/mol. The summed E-state index contributed by atoms with van der Waals surface area (Å²) < 4.78 is 4.98. The van der Waals surface area contributed by atoms with Gasteiger partial charge in [0.05, 0.1) is 18.3 Å². The van der Waals surface area contributed by atoms with Crippen molar-refractivity contribution in [3.05, 3.63) is 28.8 Å². The van der Waals surface area contributed by atoms with Crippen molar-refractivity contribution in [1.29, 1.82) is 0 Å². The highest BCUT2D eigenvalue weighted by Crippen LogP contribution is 2.56. The number of fused-ring (bicyclic) bond motifs is 5. The molecule has 3 aliphatic rings. The Morgan fingerprint density at radius 2 is 1.83 bits per heavy atom. The maximum absolute atomic E-state index is 12.6. The van der Waals surface area contributed by atoms with E-state index in [1.54, 1.807) is 18.2 Å². The molecule has 2 saturated carbocycles. The summed E-state index contributed by atoms with van der Waals surface area (Å²) in [4.78, 5) is 50.3. The number of benzene rings is 1. The van der Waals surface area contributed by atoms with Gasteiger partial charge in [0.25, 0.3) is 5.91 Å². The van der Waals surface area contributed by atoms with Crippen LogP contribution >= 0.6 is 11.6 Å². The zero-order valence-electron chi connectivity index (χ0n) is 16.2. The minimum atomic E-state index is -0.622. The van der Waals surface area contributed by atoms with Gasteiger partial charge in [-0.25, -0.2) is 0 Å². The number of carbonyl (C=O) groups is 4. The van der Waals surface area contributed by atoms with Crippen LogP contribution in [0.2, 0.25) is 5.02 Å². The summed E-state index contributed by atoms with van der Waals surface area (Å²) in [7, 11) is 0. The van der Waals surface area contributed by atoms with Crippen molar-refractivity contribution >= 4 is 41.0 Å². The minimum Gasteiger partial charge on any atom is -0.456 e. The Morgan fingerprint density at radius 3 is 2.45 bits per heavy atom. The number of anilines is 1. The molecule has 1 aromatic carbocycles. The lowest BCUT2D eigenvalue weighted by Gasteiger charge is -2.19. The lowest BCUT2D eigenvalue weighted by molar-refractivity contribution is -0.149. The first kappa shape index (κ1) is 19.9. The number of rotatable bonds is 6. The van der Waals surface area contributed by atoms with E-state index in [2.05, 4.69) is 5.32 Å². The Labute approximate surface area is 173 Å². The third-order valence-electron chi connectivity index (χ3n) is 6.38. The van der Waals surface area contributed by atoms with Crippen molar-refractivity contribution in [3.63, 3.8) is 0 Å². The number of amides is 3. The van der Waals surface area contributed by atoms with Gasteiger partial charge < -0.3 is 10.1 Å². The van der Waals surface area contributed by atoms with E-state index in [1.807, 2.05) is 6.92 Å². The van der Waals surface area contributed by atoms with Gasteiger partial charge >= 0.3 is 5.97 Å². The summed E-state index contributed by atoms with van der Waals surface area (Å²) in [6, 6.07) is 5.09. The fourth-order valence-corrected chi connectivity index (χ4v) is 5.16. The Morgan fingerprint density at radius 1 is 1.17 bits per heavy atom. The molecule has 1 aliphatic heterocycles. The molecule has 8 heteroatoms. The van der Waals surface area contributed by atoms with Crippen molar-refractivity contribution in [2.75, 3.05) is 18.5 Å². The molecule has 0 spiro atoms. The predicted molar refractivity (Wildman–Crippen MR) is 105 cm³/mol. The normalized spacial score (nSPS) is 27.3. The van der Waals surface area contributed by atoms with Crippen LogP contribution in [-0.2, 0) is 23.9 Å². The topological polar surface area (TPSA) is 92.8 Å². The number of hydrogen-bond donors (Lipinski definition) is 1. The second-order valence-electron chi connectivity index (χ2n) is 8.14. The van der Waals surface area contributed by atoms with Crippen LogP contribution in [0.4, 0.5) is 5.69 Å². The number of ether oxygens (including phenoxy) is 1. The highest BCUT2D eigenvalue weighted by Gasteiger charge is 2.60. The van der Waals surface area contributed by atoms with E-state index in [0.29, 0.717) is 22.5 Å². The molecule has 0 radical (unpaired) electrons.